The quantitative estimate of drug-likeness (QED) is 0.618. The molecule has 122 valence electrons. The van der Waals surface area contributed by atoms with Crippen LogP contribution in [-0.2, 0) is 23.7 Å². The Morgan fingerprint density at radius 3 is 1.39 bits per heavy atom. The van der Waals surface area contributed by atoms with Crippen LogP contribution in [0.15, 0.2) is 36.4 Å². The minimum absolute atomic E-state index is 0.138. The summed E-state index contributed by atoms with van der Waals surface area (Å²) in [7, 11) is 0. The second-order valence-corrected chi connectivity index (χ2v) is 8.80. The van der Waals surface area contributed by atoms with E-state index in [-0.39, 0.29) is 10.8 Å². The summed E-state index contributed by atoms with van der Waals surface area (Å²) in [6.45, 7) is 13.8. The summed E-state index contributed by atoms with van der Waals surface area (Å²) in [5.41, 5.74) is 8.63. The van der Waals surface area contributed by atoms with E-state index in [2.05, 4.69) is 83.3 Å². The average molecular weight is 307 g/mol. The molecule has 1 heterocycles. The highest BCUT2D eigenvalue weighted by molar-refractivity contribution is 5.75. The van der Waals surface area contributed by atoms with Gasteiger partial charge in [0.25, 0.3) is 0 Å². The Hall–Kier alpha value is -1.76. The van der Waals surface area contributed by atoms with Crippen LogP contribution in [-0.4, -0.2) is 0 Å². The topological polar surface area (TPSA) is 12.0 Å². The van der Waals surface area contributed by atoms with Crippen LogP contribution in [0.25, 0.3) is 0 Å². The van der Waals surface area contributed by atoms with Crippen molar-refractivity contribution in [1.82, 2.24) is 0 Å². The van der Waals surface area contributed by atoms with Gasteiger partial charge < -0.3 is 5.32 Å². The summed E-state index contributed by atoms with van der Waals surface area (Å²) >= 11 is 0. The van der Waals surface area contributed by atoms with Crippen molar-refractivity contribution in [2.45, 2.75) is 65.2 Å². The highest BCUT2D eigenvalue weighted by atomic mass is 14.9. The highest BCUT2D eigenvalue weighted by Gasteiger charge is 2.26. The zero-order chi connectivity index (χ0) is 16.8. The number of aryl methyl sites for hydroxylation is 2. The molecule has 0 unspecified atom stereocenters. The predicted molar refractivity (Wildman–Crippen MR) is 101 cm³/mol. The molecule has 0 bridgehead atoms. The van der Waals surface area contributed by atoms with Crippen LogP contribution in [0.1, 0.15) is 63.8 Å². The number of rotatable bonds is 0. The maximum absolute atomic E-state index is 3.85. The minimum Gasteiger partial charge on any atom is -0.355 e. The molecule has 0 saturated carbocycles. The molecule has 0 spiro atoms. The van der Waals surface area contributed by atoms with Crippen molar-refractivity contribution in [2.75, 3.05) is 5.32 Å². The van der Waals surface area contributed by atoms with Crippen molar-refractivity contribution < 1.29 is 0 Å². The zero-order valence-corrected chi connectivity index (χ0v) is 15.4. The van der Waals surface area contributed by atoms with Crippen molar-refractivity contribution >= 4 is 11.4 Å². The summed E-state index contributed by atoms with van der Waals surface area (Å²) in [4.78, 5) is 0. The lowest BCUT2D eigenvalue weighted by atomic mass is 9.83. The van der Waals surface area contributed by atoms with Crippen LogP contribution < -0.4 is 5.32 Å². The van der Waals surface area contributed by atoms with E-state index >= 15 is 0 Å². The molecule has 2 aromatic rings. The first kappa shape index (κ1) is 16.1. The molecule has 0 atom stereocenters. The van der Waals surface area contributed by atoms with Gasteiger partial charge in [0, 0.05) is 11.4 Å². The van der Waals surface area contributed by atoms with Gasteiger partial charge in [-0.1, -0.05) is 77.9 Å². The standard InChI is InChI=1S/C22H29N/c1-21(2,3)17-11-7-9-15-13-14-16-10-8-12-18(22(4,5)6)20(16)23-19(15)17/h7-12,23H,13-14H2,1-6H3. The van der Waals surface area contributed by atoms with Gasteiger partial charge in [0.2, 0.25) is 0 Å². The van der Waals surface area contributed by atoms with Crippen molar-refractivity contribution in [3.05, 3.63) is 58.7 Å². The number of hydrogen-bond donors (Lipinski definition) is 1. The number of benzene rings is 2. The second kappa shape index (κ2) is 5.40. The van der Waals surface area contributed by atoms with Crippen LogP contribution in [0.4, 0.5) is 11.4 Å². The zero-order valence-electron chi connectivity index (χ0n) is 15.4. The van der Waals surface area contributed by atoms with Crippen molar-refractivity contribution in [2.24, 2.45) is 0 Å². The largest absolute Gasteiger partial charge is 0.355 e. The van der Waals surface area contributed by atoms with E-state index in [1.165, 1.54) is 33.6 Å². The van der Waals surface area contributed by atoms with E-state index in [0.717, 1.165) is 12.8 Å². The summed E-state index contributed by atoms with van der Waals surface area (Å²) in [6, 6.07) is 13.5. The smallest absolute Gasteiger partial charge is 0.0454 e. The molecule has 1 aliphatic rings. The number of nitrogens with one attached hydrogen (secondary N) is 1. The van der Waals surface area contributed by atoms with Gasteiger partial charge in [0.05, 0.1) is 0 Å². The molecule has 0 radical (unpaired) electrons. The Kier molecular flexibility index (Phi) is 3.78. The average Bonchev–Trinajstić information content (AvgIpc) is 2.63. The van der Waals surface area contributed by atoms with E-state index in [4.69, 9.17) is 0 Å². The van der Waals surface area contributed by atoms with Crippen molar-refractivity contribution in [3.63, 3.8) is 0 Å². The minimum atomic E-state index is 0.138. The van der Waals surface area contributed by atoms with E-state index in [0.29, 0.717) is 0 Å². The van der Waals surface area contributed by atoms with Gasteiger partial charge in [-0.2, -0.15) is 0 Å². The molecule has 0 aliphatic carbocycles. The third-order valence-corrected chi connectivity index (χ3v) is 4.83. The lowest BCUT2D eigenvalue weighted by Crippen LogP contribution is -2.17. The number of hydrogen-bond acceptors (Lipinski definition) is 1. The first-order valence-electron chi connectivity index (χ1n) is 8.70. The molecular formula is C22H29N. The maximum Gasteiger partial charge on any atom is 0.0454 e. The Bertz CT molecular complexity index is 663. The van der Waals surface area contributed by atoms with Crippen LogP contribution >= 0.6 is 0 Å². The molecule has 1 nitrogen and oxygen atoms in total. The first-order chi connectivity index (χ1) is 10.7. The van der Waals surface area contributed by atoms with E-state index in [1.807, 2.05) is 0 Å². The Morgan fingerprint density at radius 2 is 1.04 bits per heavy atom. The maximum atomic E-state index is 3.85. The summed E-state index contributed by atoms with van der Waals surface area (Å²) < 4.78 is 0. The van der Waals surface area contributed by atoms with Crippen LogP contribution in [0.5, 0.6) is 0 Å². The molecular weight excluding hydrogens is 278 g/mol. The third-order valence-electron chi connectivity index (χ3n) is 4.83. The van der Waals surface area contributed by atoms with Gasteiger partial charge in [0.1, 0.15) is 0 Å². The van der Waals surface area contributed by atoms with Crippen LogP contribution in [0.2, 0.25) is 0 Å². The summed E-state index contributed by atoms with van der Waals surface area (Å²) in [5, 5.41) is 3.85. The lowest BCUT2D eigenvalue weighted by molar-refractivity contribution is 0.589. The van der Waals surface area contributed by atoms with E-state index < -0.39 is 0 Å². The third kappa shape index (κ3) is 3.02. The molecule has 23 heavy (non-hydrogen) atoms. The van der Waals surface area contributed by atoms with Crippen molar-refractivity contribution in [3.8, 4) is 0 Å². The van der Waals surface area contributed by atoms with Crippen LogP contribution in [0, 0.1) is 0 Å². The molecule has 2 aromatic carbocycles. The number of fused-ring (bicyclic) bond motifs is 2. The van der Waals surface area contributed by atoms with Crippen molar-refractivity contribution in [1.29, 1.82) is 0 Å². The Labute approximate surface area is 141 Å². The molecule has 0 fully saturated rings. The molecule has 0 aromatic heterocycles. The van der Waals surface area contributed by atoms with Gasteiger partial charge >= 0.3 is 0 Å². The fraction of sp³-hybridized carbons (Fsp3) is 0.455. The fourth-order valence-corrected chi connectivity index (χ4v) is 3.56. The molecule has 3 rings (SSSR count). The van der Waals surface area contributed by atoms with Gasteiger partial charge in [-0.15, -0.1) is 0 Å². The van der Waals surface area contributed by atoms with Gasteiger partial charge in [-0.3, -0.25) is 0 Å². The number of anilines is 2. The summed E-state index contributed by atoms with van der Waals surface area (Å²) in [5.74, 6) is 0. The SMILES string of the molecule is CC(C)(C)c1cccc2c1Nc1c(cccc1C(C)(C)C)CC2. The molecule has 1 heteroatoms. The van der Waals surface area contributed by atoms with Gasteiger partial charge in [0.15, 0.2) is 0 Å². The fourth-order valence-electron chi connectivity index (χ4n) is 3.56. The Morgan fingerprint density at radius 1 is 0.652 bits per heavy atom. The van der Waals surface area contributed by atoms with E-state index in [1.54, 1.807) is 0 Å². The van der Waals surface area contributed by atoms with Gasteiger partial charge in [-0.25, -0.2) is 0 Å². The number of para-hydroxylation sites is 2. The monoisotopic (exact) mass is 307 g/mol. The van der Waals surface area contributed by atoms with Gasteiger partial charge in [-0.05, 0) is 45.9 Å². The second-order valence-electron chi connectivity index (χ2n) is 8.80. The molecule has 0 saturated heterocycles. The normalized spacial score (nSPS) is 14.5. The predicted octanol–water partition coefficient (Wildman–Crippen LogP) is 6.12. The van der Waals surface area contributed by atoms with E-state index in [9.17, 15) is 0 Å². The first-order valence-corrected chi connectivity index (χ1v) is 8.70. The molecule has 0 amide bonds. The summed E-state index contributed by atoms with van der Waals surface area (Å²) in [6.07, 6.45) is 2.21. The molecule has 1 aliphatic heterocycles. The highest BCUT2D eigenvalue weighted by Crippen LogP contribution is 2.41. The Balaban J connectivity index is 2.20. The molecule has 1 N–H and O–H groups in total. The lowest BCUT2D eigenvalue weighted by Gasteiger charge is -2.28. The van der Waals surface area contributed by atoms with Crippen LogP contribution in [0.3, 0.4) is 0 Å².